The highest BCUT2D eigenvalue weighted by atomic mass is 32.2. The third-order valence-corrected chi connectivity index (χ3v) is 10.6. The second-order valence-electron chi connectivity index (χ2n) is 7.28. The van der Waals surface area contributed by atoms with Crippen LogP contribution in [-0.4, -0.2) is 67.2 Å². The molecule has 0 aliphatic carbocycles. The van der Waals surface area contributed by atoms with Gasteiger partial charge in [-0.25, -0.2) is 26.7 Å². The molecule has 1 saturated heterocycles. The third-order valence-electron chi connectivity index (χ3n) is 5.25. The zero-order valence-corrected chi connectivity index (χ0v) is 19.9. The Bertz CT molecular complexity index is 1400. The topological polar surface area (TPSA) is 137 Å². The lowest BCUT2D eigenvalue weighted by molar-refractivity contribution is -0.134. The Kier molecular flexibility index (Phi) is 6.80. The molecule has 1 amide bonds. The molecule has 10 nitrogen and oxygen atoms in total. The molecule has 4 rings (SSSR count). The van der Waals surface area contributed by atoms with Gasteiger partial charge in [0, 0.05) is 36.9 Å². The minimum Gasteiger partial charge on any atom is -0.289 e. The van der Waals surface area contributed by atoms with Crippen molar-refractivity contribution in [2.24, 2.45) is 0 Å². The van der Waals surface area contributed by atoms with Crippen molar-refractivity contribution in [1.82, 2.24) is 19.1 Å². The molecule has 1 fully saturated rings. The summed E-state index contributed by atoms with van der Waals surface area (Å²) >= 11 is 0.931. The summed E-state index contributed by atoms with van der Waals surface area (Å²) in [7, 11) is -8.27. The van der Waals surface area contributed by atoms with Gasteiger partial charge >= 0.3 is 0 Å². The molecule has 1 atom stereocenters. The first-order valence-electron chi connectivity index (χ1n) is 9.86. The highest BCUT2D eigenvalue weighted by molar-refractivity contribution is 7.91. The van der Waals surface area contributed by atoms with Gasteiger partial charge in [-0.3, -0.25) is 15.0 Å². The molecule has 3 heterocycles. The van der Waals surface area contributed by atoms with Gasteiger partial charge in [0.1, 0.15) is 21.0 Å². The number of nitrogens with one attached hydrogen (secondary N) is 1. The lowest BCUT2D eigenvalue weighted by Gasteiger charge is -2.38. The Hall–Kier alpha value is -2.75. The molecule has 0 bridgehead atoms. The van der Waals surface area contributed by atoms with Crippen LogP contribution in [0.2, 0.25) is 0 Å². The first kappa shape index (κ1) is 24.4. The Morgan fingerprint density at radius 3 is 2.44 bits per heavy atom. The number of amides is 1. The number of pyridine rings is 1. The van der Waals surface area contributed by atoms with Crippen molar-refractivity contribution in [3.8, 4) is 10.4 Å². The van der Waals surface area contributed by atoms with Crippen LogP contribution in [0.25, 0.3) is 10.4 Å². The summed E-state index contributed by atoms with van der Waals surface area (Å²) in [6.07, 6.45) is 2.56. The van der Waals surface area contributed by atoms with Gasteiger partial charge in [0.25, 0.3) is 15.9 Å². The number of rotatable bonds is 6. The Labute approximate surface area is 199 Å². The van der Waals surface area contributed by atoms with Gasteiger partial charge in [-0.2, -0.15) is 8.61 Å². The highest BCUT2D eigenvalue weighted by Gasteiger charge is 2.44. The molecule has 0 spiro atoms. The maximum absolute atomic E-state index is 13.4. The SMILES string of the molecule is O=C(NO)[C@H]1CN(S(=O)(=O)c2cccnc2)CCN1S(=O)(=O)c1ccc(-c2ccc(F)cc2)s1. The quantitative estimate of drug-likeness (QED) is 0.367. The second kappa shape index (κ2) is 9.48. The number of aromatic nitrogens is 1. The number of hydrogen-bond donors (Lipinski definition) is 2. The minimum absolute atomic E-state index is 0.0777. The van der Waals surface area contributed by atoms with Crippen molar-refractivity contribution in [2.45, 2.75) is 15.1 Å². The van der Waals surface area contributed by atoms with E-state index in [1.807, 2.05) is 0 Å². The summed E-state index contributed by atoms with van der Waals surface area (Å²) in [4.78, 5) is 16.6. The minimum atomic E-state index is -4.22. The number of sulfonamides is 2. The van der Waals surface area contributed by atoms with Gasteiger partial charge in [0.15, 0.2) is 0 Å². The average molecular weight is 527 g/mol. The number of piperazine rings is 1. The normalized spacial score (nSPS) is 18.0. The molecule has 1 aromatic carbocycles. The standard InChI is InChI=1S/C20H19FN4O6S3/c21-15-5-3-14(4-6-15)18-7-8-19(32-18)34(30,31)25-11-10-24(13-17(25)20(26)23-27)33(28,29)16-2-1-9-22-12-16/h1-9,12,17,27H,10-11,13H2,(H,23,26)/t17-/m1/s1. The first-order chi connectivity index (χ1) is 16.1. The van der Waals surface area contributed by atoms with Gasteiger partial charge in [0.2, 0.25) is 10.0 Å². The molecule has 3 aromatic rings. The van der Waals surface area contributed by atoms with Gasteiger partial charge < -0.3 is 0 Å². The Balaban J connectivity index is 1.63. The molecule has 180 valence electrons. The maximum Gasteiger partial charge on any atom is 0.263 e. The number of carbonyl (C=O) groups excluding carboxylic acids is 1. The Morgan fingerprint density at radius 1 is 1.06 bits per heavy atom. The van der Waals surface area contributed by atoms with E-state index in [4.69, 9.17) is 0 Å². The van der Waals surface area contributed by atoms with E-state index in [-0.39, 0.29) is 22.2 Å². The highest BCUT2D eigenvalue weighted by Crippen LogP contribution is 2.34. The number of halogens is 1. The molecular weight excluding hydrogens is 507 g/mol. The monoisotopic (exact) mass is 526 g/mol. The van der Waals surface area contributed by atoms with Crippen molar-refractivity contribution in [3.63, 3.8) is 0 Å². The van der Waals surface area contributed by atoms with Crippen molar-refractivity contribution in [2.75, 3.05) is 19.6 Å². The number of benzene rings is 1. The molecule has 34 heavy (non-hydrogen) atoms. The van der Waals surface area contributed by atoms with Crippen molar-refractivity contribution < 1.29 is 31.2 Å². The molecular formula is C20H19FN4O6S3. The van der Waals surface area contributed by atoms with Crippen LogP contribution < -0.4 is 5.48 Å². The fraction of sp³-hybridized carbons (Fsp3) is 0.200. The van der Waals surface area contributed by atoms with Gasteiger partial charge in [-0.15, -0.1) is 11.3 Å². The molecule has 2 N–H and O–H groups in total. The van der Waals surface area contributed by atoms with Crippen LogP contribution in [0.4, 0.5) is 4.39 Å². The lowest BCUT2D eigenvalue weighted by atomic mass is 10.2. The zero-order chi connectivity index (χ0) is 24.5. The van der Waals surface area contributed by atoms with E-state index in [1.165, 1.54) is 54.1 Å². The number of nitrogens with zero attached hydrogens (tertiary/aromatic N) is 3. The molecule has 1 aliphatic rings. The van der Waals surface area contributed by atoms with Crippen molar-refractivity contribution in [1.29, 1.82) is 0 Å². The van der Waals surface area contributed by atoms with Crippen LogP contribution in [0.15, 0.2) is 70.0 Å². The smallest absolute Gasteiger partial charge is 0.263 e. The van der Waals surface area contributed by atoms with E-state index in [1.54, 1.807) is 6.07 Å². The summed E-state index contributed by atoms with van der Waals surface area (Å²) in [5, 5.41) is 9.20. The summed E-state index contributed by atoms with van der Waals surface area (Å²) < 4.78 is 67.6. The number of hydroxylamine groups is 1. The number of thiophene rings is 1. The second-order valence-corrected chi connectivity index (χ2v) is 12.4. The summed E-state index contributed by atoms with van der Waals surface area (Å²) in [6.45, 7) is -1.02. The largest absolute Gasteiger partial charge is 0.289 e. The summed E-state index contributed by atoms with van der Waals surface area (Å²) in [5.74, 6) is -1.49. The van der Waals surface area contributed by atoms with Gasteiger partial charge in [0.05, 0.1) is 0 Å². The molecule has 1 aliphatic heterocycles. The van der Waals surface area contributed by atoms with E-state index in [2.05, 4.69) is 4.98 Å². The van der Waals surface area contributed by atoms with Gasteiger partial charge in [-0.1, -0.05) is 12.1 Å². The van der Waals surface area contributed by atoms with E-state index in [0.717, 1.165) is 26.1 Å². The predicted octanol–water partition coefficient (Wildman–Crippen LogP) is 1.52. The maximum atomic E-state index is 13.4. The molecule has 0 saturated carbocycles. The average Bonchev–Trinajstić information content (AvgIpc) is 3.35. The van der Waals surface area contributed by atoms with Crippen LogP contribution in [-0.2, 0) is 24.8 Å². The lowest BCUT2D eigenvalue weighted by Crippen LogP contribution is -2.61. The summed E-state index contributed by atoms with van der Waals surface area (Å²) in [5.41, 5.74) is 2.04. The third kappa shape index (κ3) is 4.60. The van der Waals surface area contributed by atoms with Crippen molar-refractivity contribution >= 4 is 37.3 Å². The number of hydrogen-bond acceptors (Lipinski definition) is 8. The van der Waals surface area contributed by atoms with Crippen LogP contribution >= 0.6 is 11.3 Å². The predicted molar refractivity (Wildman–Crippen MR) is 120 cm³/mol. The molecule has 0 radical (unpaired) electrons. The van der Waals surface area contributed by atoms with E-state index >= 15 is 0 Å². The van der Waals surface area contributed by atoms with Crippen LogP contribution in [0.5, 0.6) is 0 Å². The fourth-order valence-corrected chi connectivity index (χ4v) is 7.94. The van der Waals surface area contributed by atoms with Crippen molar-refractivity contribution in [3.05, 3.63) is 66.7 Å². The van der Waals surface area contributed by atoms with Crippen LogP contribution in [0.1, 0.15) is 0 Å². The van der Waals surface area contributed by atoms with Gasteiger partial charge in [-0.05, 0) is 42.0 Å². The van der Waals surface area contributed by atoms with E-state index in [9.17, 15) is 31.2 Å². The van der Waals surface area contributed by atoms with Crippen LogP contribution in [0, 0.1) is 5.82 Å². The van der Waals surface area contributed by atoms with Crippen LogP contribution in [0.3, 0.4) is 0 Å². The molecule has 14 heteroatoms. The number of carbonyl (C=O) groups is 1. The first-order valence-corrected chi connectivity index (χ1v) is 13.6. The summed E-state index contributed by atoms with van der Waals surface area (Å²) in [6, 6.07) is 9.76. The zero-order valence-electron chi connectivity index (χ0n) is 17.4. The van der Waals surface area contributed by atoms with E-state index < -0.39 is 44.4 Å². The molecule has 0 unspecified atom stereocenters. The molecule has 2 aromatic heterocycles. The van der Waals surface area contributed by atoms with E-state index in [0.29, 0.717) is 10.4 Å². The fourth-order valence-electron chi connectivity index (χ4n) is 3.53. The Morgan fingerprint density at radius 2 is 1.79 bits per heavy atom.